The molecule has 0 fully saturated rings. The number of anilines is 1. The molecule has 1 heterocycles. The molecule has 0 saturated carbocycles. The Morgan fingerprint density at radius 1 is 1.00 bits per heavy atom. The van der Waals surface area contributed by atoms with Crippen LogP contribution in [0.15, 0.2) is 71.3 Å². The van der Waals surface area contributed by atoms with Gasteiger partial charge in [0.05, 0.1) is 6.26 Å². The molecule has 7 nitrogen and oxygen atoms in total. The highest BCUT2D eigenvalue weighted by atomic mass is 16.5. The lowest BCUT2D eigenvalue weighted by molar-refractivity contribution is -0.123. The van der Waals surface area contributed by atoms with Gasteiger partial charge < -0.3 is 24.5 Å². The van der Waals surface area contributed by atoms with Gasteiger partial charge in [-0.1, -0.05) is 24.1 Å². The molecule has 0 aliphatic heterocycles. The molecule has 2 aromatic carbocycles. The van der Waals surface area contributed by atoms with Crippen LogP contribution in [-0.2, 0) is 11.2 Å². The number of carbonyl (C=O) groups excluding carboxylic acids is 2. The van der Waals surface area contributed by atoms with Crippen LogP contribution in [0.1, 0.15) is 16.1 Å². The van der Waals surface area contributed by atoms with Gasteiger partial charge in [-0.3, -0.25) is 9.59 Å². The molecule has 0 radical (unpaired) electrons. The van der Waals surface area contributed by atoms with Crippen LogP contribution >= 0.6 is 0 Å². The van der Waals surface area contributed by atoms with Gasteiger partial charge in [0.25, 0.3) is 11.8 Å². The molecule has 0 unspecified atom stereocenters. The molecule has 2 N–H and O–H groups in total. The Morgan fingerprint density at radius 2 is 1.84 bits per heavy atom. The van der Waals surface area contributed by atoms with Crippen LogP contribution in [0.4, 0.5) is 5.69 Å². The van der Waals surface area contributed by atoms with Gasteiger partial charge in [0.1, 0.15) is 18.1 Å². The molecule has 158 valence electrons. The third kappa shape index (κ3) is 6.98. The fourth-order valence-electron chi connectivity index (χ4n) is 2.69. The number of amides is 2. The number of hydrogen-bond acceptors (Lipinski definition) is 5. The van der Waals surface area contributed by atoms with Gasteiger partial charge in [-0.15, -0.1) is 6.42 Å². The van der Waals surface area contributed by atoms with E-state index in [1.807, 2.05) is 24.3 Å². The number of ether oxygens (including phenoxy) is 2. The second kappa shape index (κ2) is 11.1. The average Bonchev–Trinajstić information content (AvgIpc) is 3.33. The average molecular weight is 418 g/mol. The highest BCUT2D eigenvalue weighted by molar-refractivity contribution is 6.02. The molecule has 0 atom stereocenters. The summed E-state index contributed by atoms with van der Waals surface area (Å²) >= 11 is 0. The van der Waals surface area contributed by atoms with Crippen molar-refractivity contribution in [3.05, 3.63) is 78.3 Å². The van der Waals surface area contributed by atoms with Crippen molar-refractivity contribution in [3.63, 3.8) is 0 Å². The minimum Gasteiger partial charge on any atom is -0.484 e. The first-order valence-electron chi connectivity index (χ1n) is 9.63. The summed E-state index contributed by atoms with van der Waals surface area (Å²) in [6, 6.07) is 17.5. The summed E-state index contributed by atoms with van der Waals surface area (Å²) < 4.78 is 15.9. The van der Waals surface area contributed by atoms with Crippen molar-refractivity contribution in [2.45, 2.75) is 6.42 Å². The normalized spacial score (nSPS) is 10.0. The monoisotopic (exact) mass is 418 g/mol. The van der Waals surface area contributed by atoms with Crippen LogP contribution in [0.3, 0.4) is 0 Å². The lowest BCUT2D eigenvalue weighted by Gasteiger charge is -2.10. The number of terminal acetylenes is 1. The van der Waals surface area contributed by atoms with Crippen molar-refractivity contribution in [2.24, 2.45) is 0 Å². The van der Waals surface area contributed by atoms with E-state index in [0.717, 1.165) is 5.56 Å². The summed E-state index contributed by atoms with van der Waals surface area (Å²) in [5.74, 6) is 3.20. The Morgan fingerprint density at radius 3 is 2.58 bits per heavy atom. The first kappa shape index (κ1) is 21.5. The van der Waals surface area contributed by atoms with E-state index in [9.17, 15) is 9.59 Å². The van der Waals surface area contributed by atoms with Crippen LogP contribution in [0.5, 0.6) is 11.5 Å². The summed E-state index contributed by atoms with van der Waals surface area (Å²) in [6.45, 7) is 0.578. The van der Waals surface area contributed by atoms with E-state index in [2.05, 4.69) is 16.6 Å². The molecule has 0 saturated heterocycles. The molecule has 0 aliphatic carbocycles. The lowest BCUT2D eigenvalue weighted by atomic mass is 10.1. The predicted octanol–water partition coefficient (Wildman–Crippen LogP) is 3.28. The molecule has 0 spiro atoms. The standard InChI is InChI=1S/C24H22N2O5/c1-2-14-29-20-10-8-18(9-11-20)12-13-25-23(27)17-31-21-6-3-5-19(16-21)26-24(28)22-7-4-15-30-22/h1,3-11,15-16H,12-14,17H2,(H,25,27)(H,26,28). The second-order valence-electron chi connectivity index (χ2n) is 6.48. The number of furan rings is 1. The first-order chi connectivity index (χ1) is 15.1. The van der Waals surface area contributed by atoms with Crippen molar-refractivity contribution in [2.75, 3.05) is 25.1 Å². The summed E-state index contributed by atoms with van der Waals surface area (Å²) in [7, 11) is 0. The van der Waals surface area contributed by atoms with E-state index < -0.39 is 0 Å². The Hall–Kier alpha value is -4.18. The predicted molar refractivity (Wildman–Crippen MR) is 116 cm³/mol. The van der Waals surface area contributed by atoms with Gasteiger partial charge in [0.15, 0.2) is 12.4 Å². The molecule has 3 aromatic rings. The van der Waals surface area contributed by atoms with Crippen molar-refractivity contribution >= 4 is 17.5 Å². The molecule has 2 amide bonds. The van der Waals surface area contributed by atoms with Crippen molar-refractivity contribution in [1.29, 1.82) is 0 Å². The Balaban J connectivity index is 1.39. The van der Waals surface area contributed by atoms with Crippen molar-refractivity contribution in [3.8, 4) is 23.8 Å². The maximum Gasteiger partial charge on any atom is 0.291 e. The van der Waals surface area contributed by atoms with E-state index >= 15 is 0 Å². The SMILES string of the molecule is C#CCOc1ccc(CCNC(=O)COc2cccc(NC(=O)c3ccco3)c2)cc1. The lowest BCUT2D eigenvalue weighted by Crippen LogP contribution is -2.30. The maximum atomic E-state index is 12.0. The number of rotatable bonds is 10. The number of benzene rings is 2. The minimum atomic E-state index is -0.365. The molecule has 0 aliphatic rings. The van der Waals surface area contributed by atoms with Gasteiger partial charge in [0.2, 0.25) is 0 Å². The van der Waals surface area contributed by atoms with Crippen LogP contribution < -0.4 is 20.1 Å². The first-order valence-corrected chi connectivity index (χ1v) is 9.63. The van der Waals surface area contributed by atoms with Crippen LogP contribution in [0, 0.1) is 12.3 Å². The van der Waals surface area contributed by atoms with E-state index in [1.165, 1.54) is 6.26 Å². The topological polar surface area (TPSA) is 89.8 Å². The Kier molecular flexibility index (Phi) is 7.72. The zero-order chi connectivity index (χ0) is 21.9. The van der Waals surface area contributed by atoms with Gasteiger partial charge in [0, 0.05) is 18.3 Å². The fourth-order valence-corrected chi connectivity index (χ4v) is 2.69. The molecular weight excluding hydrogens is 396 g/mol. The van der Waals surface area contributed by atoms with Gasteiger partial charge in [-0.25, -0.2) is 0 Å². The second-order valence-corrected chi connectivity index (χ2v) is 6.48. The highest BCUT2D eigenvalue weighted by Gasteiger charge is 2.09. The maximum absolute atomic E-state index is 12.0. The van der Waals surface area contributed by atoms with Crippen molar-refractivity contribution in [1.82, 2.24) is 5.32 Å². The highest BCUT2D eigenvalue weighted by Crippen LogP contribution is 2.18. The third-order valence-electron chi connectivity index (χ3n) is 4.19. The quantitative estimate of drug-likeness (QED) is 0.493. The Bertz CT molecular complexity index is 1040. The molecule has 1 aromatic heterocycles. The Labute approximate surface area is 180 Å². The molecular formula is C24H22N2O5. The summed E-state index contributed by atoms with van der Waals surface area (Å²) in [5.41, 5.74) is 1.60. The van der Waals surface area contributed by atoms with E-state index in [4.69, 9.17) is 20.3 Å². The molecule has 3 rings (SSSR count). The summed E-state index contributed by atoms with van der Waals surface area (Å²) in [4.78, 5) is 24.1. The van der Waals surface area contributed by atoms with Crippen LogP contribution in [0.2, 0.25) is 0 Å². The number of carbonyl (C=O) groups is 2. The fraction of sp³-hybridized carbons (Fsp3) is 0.167. The molecule has 31 heavy (non-hydrogen) atoms. The minimum absolute atomic E-state index is 0.131. The van der Waals surface area contributed by atoms with Gasteiger partial charge in [-0.2, -0.15) is 0 Å². The van der Waals surface area contributed by atoms with Crippen LogP contribution in [0.25, 0.3) is 0 Å². The number of hydrogen-bond donors (Lipinski definition) is 2. The van der Waals surface area contributed by atoms with E-state index in [1.54, 1.807) is 36.4 Å². The largest absolute Gasteiger partial charge is 0.484 e. The van der Waals surface area contributed by atoms with Gasteiger partial charge in [-0.05, 0) is 48.4 Å². The van der Waals surface area contributed by atoms with E-state index in [-0.39, 0.29) is 30.8 Å². The summed E-state index contributed by atoms with van der Waals surface area (Å²) in [5, 5.41) is 5.52. The van der Waals surface area contributed by atoms with Crippen LogP contribution in [-0.4, -0.2) is 31.6 Å². The molecule has 7 heteroatoms. The smallest absolute Gasteiger partial charge is 0.291 e. The number of nitrogens with one attached hydrogen (secondary N) is 2. The molecule has 0 bridgehead atoms. The summed E-state index contributed by atoms with van der Waals surface area (Å²) in [6.07, 6.45) is 7.27. The zero-order valence-electron chi connectivity index (χ0n) is 16.8. The van der Waals surface area contributed by atoms with Gasteiger partial charge >= 0.3 is 0 Å². The van der Waals surface area contributed by atoms with Crippen molar-refractivity contribution < 1.29 is 23.5 Å². The zero-order valence-corrected chi connectivity index (χ0v) is 16.8. The third-order valence-corrected chi connectivity index (χ3v) is 4.19. The van der Waals surface area contributed by atoms with E-state index in [0.29, 0.717) is 30.2 Å².